The standard InChI is InChI=1S/C18H24N4O5/c1-4-26-13(23)10-21-6-5-7-22(9-8-21)18(25)14-12(2)27-16-15(14)17(24)20(3)11-19-16/h11H,4-10H2,1-3H3. The summed E-state index contributed by atoms with van der Waals surface area (Å²) >= 11 is 0. The molecule has 0 unspecified atom stereocenters. The van der Waals surface area contributed by atoms with Crippen LogP contribution < -0.4 is 5.56 Å². The molecule has 0 radical (unpaired) electrons. The maximum Gasteiger partial charge on any atom is 0.320 e. The maximum atomic E-state index is 13.1. The van der Waals surface area contributed by atoms with Gasteiger partial charge in [0.2, 0.25) is 5.71 Å². The molecule has 2 aromatic heterocycles. The van der Waals surface area contributed by atoms with Crippen LogP contribution in [0.25, 0.3) is 11.1 Å². The van der Waals surface area contributed by atoms with Crippen LogP contribution in [-0.4, -0.2) is 70.6 Å². The van der Waals surface area contributed by atoms with E-state index in [-0.39, 0.29) is 40.6 Å². The molecule has 1 fully saturated rings. The summed E-state index contributed by atoms with van der Waals surface area (Å²) in [6.45, 7) is 6.29. The fourth-order valence-corrected chi connectivity index (χ4v) is 3.32. The number of amides is 1. The first-order valence-corrected chi connectivity index (χ1v) is 9.04. The van der Waals surface area contributed by atoms with E-state index in [0.717, 1.165) is 6.42 Å². The average Bonchev–Trinajstić information content (AvgIpc) is 2.80. The Morgan fingerprint density at radius 1 is 1.26 bits per heavy atom. The summed E-state index contributed by atoms with van der Waals surface area (Å²) in [5.74, 6) is -0.115. The zero-order chi connectivity index (χ0) is 19.6. The lowest BCUT2D eigenvalue weighted by Gasteiger charge is -2.21. The Morgan fingerprint density at radius 3 is 2.78 bits per heavy atom. The fraction of sp³-hybridized carbons (Fsp3) is 0.556. The third kappa shape index (κ3) is 3.87. The monoisotopic (exact) mass is 376 g/mol. The van der Waals surface area contributed by atoms with Crippen molar-refractivity contribution in [2.45, 2.75) is 20.3 Å². The summed E-state index contributed by atoms with van der Waals surface area (Å²) in [5.41, 5.74) is 0.147. The lowest BCUT2D eigenvalue weighted by Crippen LogP contribution is -2.37. The van der Waals surface area contributed by atoms with Crippen molar-refractivity contribution in [3.8, 4) is 0 Å². The number of esters is 1. The number of hydrogen-bond donors (Lipinski definition) is 0. The molecule has 146 valence electrons. The Hall–Kier alpha value is -2.68. The number of carbonyl (C=O) groups is 2. The van der Waals surface area contributed by atoms with E-state index in [9.17, 15) is 14.4 Å². The van der Waals surface area contributed by atoms with E-state index in [1.807, 2.05) is 4.90 Å². The summed E-state index contributed by atoms with van der Waals surface area (Å²) in [5, 5.41) is 0.218. The molecule has 2 aromatic rings. The Labute approximate surface area is 156 Å². The van der Waals surface area contributed by atoms with Crippen LogP contribution in [-0.2, 0) is 16.6 Å². The van der Waals surface area contributed by atoms with Crippen LogP contribution in [0.3, 0.4) is 0 Å². The quantitative estimate of drug-likeness (QED) is 0.719. The molecule has 1 amide bonds. The van der Waals surface area contributed by atoms with E-state index in [0.29, 0.717) is 38.5 Å². The molecule has 0 atom stereocenters. The van der Waals surface area contributed by atoms with Gasteiger partial charge < -0.3 is 18.6 Å². The SMILES string of the molecule is CCOC(=O)CN1CCCN(C(=O)c2c(C)oc3ncn(C)c(=O)c23)CC1. The summed E-state index contributed by atoms with van der Waals surface area (Å²) in [7, 11) is 1.59. The Balaban J connectivity index is 1.80. The molecule has 9 nitrogen and oxygen atoms in total. The number of furan rings is 1. The minimum absolute atomic E-state index is 0.178. The van der Waals surface area contributed by atoms with Crippen molar-refractivity contribution in [2.24, 2.45) is 7.05 Å². The molecule has 1 aliphatic rings. The number of fused-ring (bicyclic) bond motifs is 1. The van der Waals surface area contributed by atoms with E-state index in [1.165, 1.54) is 10.9 Å². The lowest BCUT2D eigenvalue weighted by molar-refractivity contribution is -0.144. The first-order chi connectivity index (χ1) is 12.9. The molecule has 0 saturated carbocycles. The molecule has 0 spiro atoms. The fourth-order valence-electron chi connectivity index (χ4n) is 3.32. The van der Waals surface area contributed by atoms with Crippen molar-refractivity contribution in [1.82, 2.24) is 19.4 Å². The second-order valence-electron chi connectivity index (χ2n) is 6.60. The smallest absolute Gasteiger partial charge is 0.320 e. The highest BCUT2D eigenvalue weighted by Crippen LogP contribution is 2.23. The molecule has 27 heavy (non-hydrogen) atoms. The van der Waals surface area contributed by atoms with Crippen LogP contribution in [0.15, 0.2) is 15.5 Å². The number of aromatic nitrogens is 2. The molecular formula is C18H24N4O5. The van der Waals surface area contributed by atoms with E-state index in [4.69, 9.17) is 9.15 Å². The number of rotatable bonds is 4. The van der Waals surface area contributed by atoms with Crippen molar-refractivity contribution in [2.75, 3.05) is 39.3 Å². The van der Waals surface area contributed by atoms with E-state index >= 15 is 0 Å². The highest BCUT2D eigenvalue weighted by molar-refractivity contribution is 6.06. The predicted octanol–water partition coefficient (Wildman–Crippen LogP) is 0.546. The second kappa shape index (κ2) is 7.91. The van der Waals surface area contributed by atoms with Gasteiger partial charge in [-0.2, -0.15) is 0 Å². The summed E-state index contributed by atoms with van der Waals surface area (Å²) < 4.78 is 11.9. The summed E-state index contributed by atoms with van der Waals surface area (Å²) in [4.78, 5) is 45.1. The third-order valence-corrected chi connectivity index (χ3v) is 4.70. The van der Waals surface area contributed by atoms with E-state index < -0.39 is 0 Å². The highest BCUT2D eigenvalue weighted by Gasteiger charge is 2.28. The number of hydrogen-bond acceptors (Lipinski definition) is 7. The Morgan fingerprint density at radius 2 is 2.04 bits per heavy atom. The molecule has 0 aliphatic carbocycles. The predicted molar refractivity (Wildman–Crippen MR) is 97.6 cm³/mol. The van der Waals surface area contributed by atoms with Gasteiger partial charge in [0, 0.05) is 33.2 Å². The average molecular weight is 376 g/mol. The maximum absolute atomic E-state index is 13.1. The molecule has 0 N–H and O–H groups in total. The van der Waals surface area contributed by atoms with Crippen molar-refractivity contribution in [3.63, 3.8) is 0 Å². The van der Waals surface area contributed by atoms with Crippen molar-refractivity contribution in [3.05, 3.63) is 28.0 Å². The van der Waals surface area contributed by atoms with Gasteiger partial charge in [0.15, 0.2) is 0 Å². The van der Waals surface area contributed by atoms with E-state index in [2.05, 4.69) is 4.98 Å². The van der Waals surface area contributed by atoms with Crippen LogP contribution in [0, 0.1) is 6.92 Å². The van der Waals surface area contributed by atoms with Gasteiger partial charge >= 0.3 is 5.97 Å². The molecule has 9 heteroatoms. The van der Waals surface area contributed by atoms with Gasteiger partial charge in [0.05, 0.1) is 18.7 Å². The molecule has 0 aromatic carbocycles. The van der Waals surface area contributed by atoms with Crippen molar-refractivity contribution < 1.29 is 18.7 Å². The van der Waals surface area contributed by atoms with Crippen LogP contribution in [0.5, 0.6) is 0 Å². The molecule has 0 bridgehead atoms. The summed E-state index contributed by atoms with van der Waals surface area (Å²) in [6.07, 6.45) is 2.11. The van der Waals surface area contributed by atoms with Gasteiger partial charge in [-0.15, -0.1) is 0 Å². The van der Waals surface area contributed by atoms with Crippen LogP contribution in [0.2, 0.25) is 0 Å². The highest BCUT2D eigenvalue weighted by atomic mass is 16.5. The lowest BCUT2D eigenvalue weighted by atomic mass is 10.1. The van der Waals surface area contributed by atoms with Gasteiger partial charge in [-0.1, -0.05) is 0 Å². The minimum atomic E-state index is -0.307. The van der Waals surface area contributed by atoms with Crippen LogP contribution >= 0.6 is 0 Å². The first kappa shape index (κ1) is 19.1. The number of carbonyl (C=O) groups excluding carboxylic acids is 2. The molecule has 3 heterocycles. The second-order valence-corrected chi connectivity index (χ2v) is 6.60. The number of aryl methyl sites for hydroxylation is 2. The van der Waals surface area contributed by atoms with Gasteiger partial charge in [-0.05, 0) is 20.3 Å². The topological polar surface area (TPSA) is 97.9 Å². The van der Waals surface area contributed by atoms with E-state index in [1.54, 1.807) is 25.8 Å². The van der Waals surface area contributed by atoms with Crippen molar-refractivity contribution in [1.29, 1.82) is 0 Å². The largest absolute Gasteiger partial charge is 0.465 e. The molecular weight excluding hydrogens is 352 g/mol. The Bertz CT molecular complexity index is 916. The van der Waals surface area contributed by atoms with Gasteiger partial charge in [-0.3, -0.25) is 19.3 Å². The minimum Gasteiger partial charge on any atom is -0.465 e. The number of nitrogens with zero attached hydrogens (tertiary/aromatic N) is 4. The van der Waals surface area contributed by atoms with Gasteiger partial charge in [0.1, 0.15) is 17.5 Å². The normalized spacial score (nSPS) is 15.7. The first-order valence-electron chi connectivity index (χ1n) is 9.04. The molecule has 1 saturated heterocycles. The Kier molecular flexibility index (Phi) is 5.59. The van der Waals surface area contributed by atoms with Crippen LogP contribution in [0.1, 0.15) is 29.5 Å². The van der Waals surface area contributed by atoms with Gasteiger partial charge in [0.25, 0.3) is 11.5 Å². The molecule has 3 rings (SSSR count). The zero-order valence-corrected chi connectivity index (χ0v) is 15.9. The third-order valence-electron chi connectivity index (χ3n) is 4.70. The van der Waals surface area contributed by atoms with Crippen molar-refractivity contribution >= 4 is 23.0 Å². The molecule has 1 aliphatic heterocycles. The number of ether oxygens (including phenoxy) is 1. The van der Waals surface area contributed by atoms with Gasteiger partial charge in [-0.25, -0.2) is 4.98 Å². The van der Waals surface area contributed by atoms with Crippen LogP contribution in [0.4, 0.5) is 0 Å². The zero-order valence-electron chi connectivity index (χ0n) is 15.9. The summed E-state index contributed by atoms with van der Waals surface area (Å²) in [6, 6.07) is 0.